The van der Waals surface area contributed by atoms with Crippen molar-refractivity contribution in [2.45, 2.75) is 13.8 Å². The fourth-order valence-corrected chi connectivity index (χ4v) is 5.09. The zero-order valence-electron chi connectivity index (χ0n) is 27.2. The Kier molecular flexibility index (Phi) is 9.94. The van der Waals surface area contributed by atoms with E-state index in [1.807, 2.05) is 60.7 Å². The fraction of sp³-hybridized carbons (Fsp3) is 0.103. The van der Waals surface area contributed by atoms with Gasteiger partial charge in [0.25, 0.3) is 11.8 Å². The lowest BCUT2D eigenvalue weighted by Gasteiger charge is -2.11. The van der Waals surface area contributed by atoms with E-state index in [-0.39, 0.29) is 18.8 Å². The SMILES string of the molecule is CCOC(=O)c1ccc(NC(=O)C(=Cc2cn(-c3ccccc3)nc2-c2cc3ccccc3o2)C(=O)Nc2ccc(C(=O)OCC)cc2)cc1. The van der Waals surface area contributed by atoms with Gasteiger partial charge in [-0.05, 0) is 92.7 Å². The van der Waals surface area contributed by atoms with E-state index in [0.29, 0.717) is 45.1 Å². The number of furan rings is 1. The van der Waals surface area contributed by atoms with Crippen LogP contribution < -0.4 is 10.6 Å². The summed E-state index contributed by atoms with van der Waals surface area (Å²) in [7, 11) is 0. The summed E-state index contributed by atoms with van der Waals surface area (Å²) in [5.74, 6) is -1.99. The second-order valence-corrected chi connectivity index (χ2v) is 10.9. The van der Waals surface area contributed by atoms with E-state index in [4.69, 9.17) is 19.0 Å². The molecule has 2 aromatic heterocycles. The zero-order valence-corrected chi connectivity index (χ0v) is 27.2. The highest BCUT2D eigenvalue weighted by molar-refractivity contribution is 6.29. The monoisotopic (exact) mass is 668 g/mol. The smallest absolute Gasteiger partial charge is 0.338 e. The molecule has 0 aliphatic rings. The molecule has 2 N–H and O–H groups in total. The van der Waals surface area contributed by atoms with Crippen LogP contribution >= 0.6 is 0 Å². The summed E-state index contributed by atoms with van der Waals surface area (Å²) in [5.41, 5.74) is 3.31. The van der Waals surface area contributed by atoms with Gasteiger partial charge in [-0.25, -0.2) is 14.3 Å². The number of para-hydroxylation sites is 2. The Morgan fingerprint density at radius 2 is 1.26 bits per heavy atom. The molecule has 0 fully saturated rings. The van der Waals surface area contributed by atoms with Gasteiger partial charge in [0.2, 0.25) is 0 Å². The van der Waals surface area contributed by atoms with Crippen LogP contribution in [0.15, 0.2) is 125 Å². The van der Waals surface area contributed by atoms with Crippen molar-refractivity contribution in [1.82, 2.24) is 9.78 Å². The molecular weight excluding hydrogens is 636 g/mol. The number of benzene rings is 4. The molecule has 6 rings (SSSR count). The van der Waals surface area contributed by atoms with Gasteiger partial charge < -0.3 is 24.5 Å². The van der Waals surface area contributed by atoms with Crippen LogP contribution in [0.2, 0.25) is 0 Å². The molecule has 2 heterocycles. The van der Waals surface area contributed by atoms with Crippen LogP contribution in [0.5, 0.6) is 0 Å². The third-order valence-corrected chi connectivity index (χ3v) is 7.52. The first-order valence-corrected chi connectivity index (χ1v) is 15.9. The normalized spacial score (nSPS) is 10.7. The summed E-state index contributed by atoms with van der Waals surface area (Å²) in [4.78, 5) is 52.1. The molecule has 0 saturated heterocycles. The predicted molar refractivity (Wildman–Crippen MR) is 189 cm³/mol. The van der Waals surface area contributed by atoms with Crippen LogP contribution in [-0.4, -0.2) is 46.7 Å². The topological polar surface area (TPSA) is 142 Å². The van der Waals surface area contributed by atoms with Gasteiger partial charge in [-0.2, -0.15) is 5.10 Å². The van der Waals surface area contributed by atoms with Crippen LogP contribution in [0, 0.1) is 0 Å². The molecule has 0 unspecified atom stereocenters. The maximum atomic E-state index is 13.9. The van der Waals surface area contributed by atoms with Crippen LogP contribution in [-0.2, 0) is 19.1 Å². The number of anilines is 2. The van der Waals surface area contributed by atoms with Gasteiger partial charge in [0, 0.05) is 28.5 Å². The van der Waals surface area contributed by atoms with Gasteiger partial charge in [0.1, 0.15) is 16.9 Å². The predicted octanol–water partition coefficient (Wildman–Crippen LogP) is 7.30. The zero-order chi connectivity index (χ0) is 35.0. The number of aromatic nitrogens is 2. The maximum Gasteiger partial charge on any atom is 0.338 e. The minimum Gasteiger partial charge on any atom is -0.462 e. The summed E-state index contributed by atoms with van der Waals surface area (Å²) in [6, 6.07) is 31.0. The molecule has 11 heteroatoms. The molecule has 0 bridgehead atoms. The number of nitrogens with zero attached hydrogens (tertiary/aromatic N) is 2. The number of nitrogens with one attached hydrogen (secondary N) is 2. The first kappa shape index (κ1) is 33.2. The fourth-order valence-electron chi connectivity index (χ4n) is 5.09. The average molecular weight is 669 g/mol. The van der Waals surface area contributed by atoms with Crippen molar-refractivity contribution in [1.29, 1.82) is 0 Å². The summed E-state index contributed by atoms with van der Waals surface area (Å²) >= 11 is 0. The van der Waals surface area contributed by atoms with Gasteiger partial charge in [-0.3, -0.25) is 9.59 Å². The molecule has 6 aromatic rings. The summed E-state index contributed by atoms with van der Waals surface area (Å²) in [6.45, 7) is 3.87. The molecule has 2 amide bonds. The van der Waals surface area contributed by atoms with Crippen molar-refractivity contribution >= 4 is 52.2 Å². The summed E-state index contributed by atoms with van der Waals surface area (Å²) in [5, 5.41) is 11.2. The molecule has 50 heavy (non-hydrogen) atoms. The lowest BCUT2D eigenvalue weighted by Crippen LogP contribution is -2.25. The molecule has 0 atom stereocenters. The third-order valence-electron chi connectivity index (χ3n) is 7.52. The largest absolute Gasteiger partial charge is 0.462 e. The molecular formula is C39H32N4O7. The van der Waals surface area contributed by atoms with E-state index in [0.717, 1.165) is 11.1 Å². The van der Waals surface area contributed by atoms with E-state index in [9.17, 15) is 19.2 Å². The van der Waals surface area contributed by atoms with Gasteiger partial charge in [0.15, 0.2) is 5.76 Å². The first-order chi connectivity index (χ1) is 24.3. The average Bonchev–Trinajstić information content (AvgIpc) is 3.76. The van der Waals surface area contributed by atoms with Gasteiger partial charge in [-0.15, -0.1) is 0 Å². The quantitative estimate of drug-likeness (QED) is 0.0634. The van der Waals surface area contributed by atoms with Gasteiger partial charge >= 0.3 is 11.9 Å². The van der Waals surface area contributed by atoms with Gasteiger partial charge in [-0.1, -0.05) is 36.4 Å². The first-order valence-electron chi connectivity index (χ1n) is 15.9. The Balaban J connectivity index is 1.40. The Bertz CT molecular complexity index is 2090. The van der Waals surface area contributed by atoms with E-state index in [2.05, 4.69) is 10.6 Å². The van der Waals surface area contributed by atoms with Crippen molar-refractivity contribution in [2.24, 2.45) is 0 Å². The van der Waals surface area contributed by atoms with E-state index < -0.39 is 23.8 Å². The van der Waals surface area contributed by atoms with Crippen molar-refractivity contribution in [3.8, 4) is 17.1 Å². The molecule has 0 saturated carbocycles. The Morgan fingerprint density at radius 3 is 1.80 bits per heavy atom. The van der Waals surface area contributed by atoms with Crippen molar-refractivity contribution < 1.29 is 33.1 Å². The molecule has 4 aromatic carbocycles. The standard InChI is InChI=1S/C39H32N4O7/c1-3-48-38(46)25-14-18-29(19-15-25)40-36(44)32(37(45)41-30-20-16-26(17-21-30)39(47)49-4-2)22-28-24-43(31-11-6-5-7-12-31)42-35(28)34-23-27-10-8-9-13-33(27)50-34/h5-24H,3-4H2,1-2H3,(H,40,44)(H,41,45). The van der Waals surface area contributed by atoms with Gasteiger partial charge in [0.05, 0.1) is 30.0 Å². The molecule has 0 aliphatic heterocycles. The lowest BCUT2D eigenvalue weighted by atomic mass is 10.1. The highest BCUT2D eigenvalue weighted by Crippen LogP contribution is 2.31. The second kappa shape index (κ2) is 15.0. The van der Waals surface area contributed by atoms with E-state index in [1.54, 1.807) is 49.0 Å². The third kappa shape index (κ3) is 7.52. The van der Waals surface area contributed by atoms with Crippen molar-refractivity contribution in [2.75, 3.05) is 23.8 Å². The van der Waals surface area contributed by atoms with Crippen LogP contribution in [0.25, 0.3) is 34.2 Å². The highest BCUT2D eigenvalue weighted by Gasteiger charge is 2.23. The number of rotatable bonds is 11. The molecule has 0 spiro atoms. The number of carbonyl (C=O) groups is 4. The molecule has 0 aliphatic carbocycles. The number of carbonyl (C=O) groups excluding carboxylic acids is 4. The molecule has 0 radical (unpaired) electrons. The van der Waals surface area contributed by atoms with Crippen molar-refractivity contribution in [3.63, 3.8) is 0 Å². The number of amides is 2. The number of esters is 2. The summed E-state index contributed by atoms with van der Waals surface area (Å²) < 4.78 is 17.9. The number of ether oxygens (including phenoxy) is 2. The Hall–Kier alpha value is -6.75. The Labute approximate surface area is 287 Å². The van der Waals surface area contributed by atoms with Crippen LogP contribution in [0.3, 0.4) is 0 Å². The maximum absolute atomic E-state index is 13.9. The van der Waals surface area contributed by atoms with Crippen LogP contribution in [0.4, 0.5) is 11.4 Å². The molecule has 11 nitrogen and oxygen atoms in total. The number of hydrogen-bond acceptors (Lipinski definition) is 8. The highest BCUT2D eigenvalue weighted by atomic mass is 16.5. The van der Waals surface area contributed by atoms with Crippen LogP contribution in [0.1, 0.15) is 40.1 Å². The van der Waals surface area contributed by atoms with Crippen molar-refractivity contribution in [3.05, 3.63) is 138 Å². The Morgan fingerprint density at radius 1 is 0.720 bits per heavy atom. The summed E-state index contributed by atoms with van der Waals surface area (Å²) in [6.07, 6.45) is 3.15. The minimum atomic E-state index is -0.724. The molecule has 250 valence electrons. The lowest BCUT2D eigenvalue weighted by molar-refractivity contribution is -0.118. The number of hydrogen-bond donors (Lipinski definition) is 2. The van der Waals surface area contributed by atoms with E-state index in [1.165, 1.54) is 30.3 Å². The van der Waals surface area contributed by atoms with E-state index >= 15 is 0 Å². The second-order valence-electron chi connectivity index (χ2n) is 10.9. The minimum absolute atomic E-state index is 0.225. The number of fused-ring (bicyclic) bond motifs is 1.